The van der Waals surface area contributed by atoms with Crippen molar-refractivity contribution < 1.29 is 0 Å². The molecule has 16 heavy (non-hydrogen) atoms. The second-order valence-electron chi connectivity index (χ2n) is 5.54. The van der Waals surface area contributed by atoms with E-state index in [-0.39, 0.29) is 0 Å². The number of benzene rings is 1. The van der Waals surface area contributed by atoms with Gasteiger partial charge in [0.2, 0.25) is 0 Å². The predicted octanol–water partition coefficient (Wildman–Crippen LogP) is 5.02. The summed E-state index contributed by atoms with van der Waals surface area (Å²) in [5, 5.41) is 0. The normalized spacial score (nSPS) is 24.9. The summed E-state index contributed by atoms with van der Waals surface area (Å²) in [5.74, 6) is 0.703. The minimum absolute atomic E-state index is 0.355. The average molecular weight is 281 g/mol. The van der Waals surface area contributed by atoms with E-state index in [0.717, 1.165) is 0 Å². The highest BCUT2D eigenvalue weighted by Gasteiger charge is 2.34. The van der Waals surface area contributed by atoms with E-state index in [4.69, 9.17) is 0 Å². The zero-order chi connectivity index (χ0) is 11.8. The first-order valence-electron chi connectivity index (χ1n) is 6.29. The maximum Gasteiger partial charge on any atom is 0.0212 e. The Kier molecular flexibility index (Phi) is 3.44. The van der Waals surface area contributed by atoms with Gasteiger partial charge >= 0.3 is 0 Å². The van der Waals surface area contributed by atoms with Crippen LogP contribution in [0.25, 0.3) is 0 Å². The van der Waals surface area contributed by atoms with Gasteiger partial charge in [0.25, 0.3) is 0 Å². The molecule has 2 rings (SSSR count). The van der Waals surface area contributed by atoms with Crippen LogP contribution in [0.1, 0.15) is 57.1 Å². The smallest absolute Gasteiger partial charge is 0.0212 e. The summed E-state index contributed by atoms with van der Waals surface area (Å²) in [6.07, 6.45) is 3.82. The minimum Gasteiger partial charge on any atom is -0.0884 e. The van der Waals surface area contributed by atoms with Crippen molar-refractivity contribution >= 4 is 15.9 Å². The van der Waals surface area contributed by atoms with E-state index in [1.165, 1.54) is 19.3 Å². The molecule has 1 heteroatoms. The van der Waals surface area contributed by atoms with Crippen LogP contribution in [-0.4, -0.2) is 4.83 Å². The molecule has 0 aromatic heterocycles. The molecule has 0 heterocycles. The maximum atomic E-state index is 3.85. The maximum absolute atomic E-state index is 3.85. The van der Waals surface area contributed by atoms with Gasteiger partial charge in [0.05, 0.1) is 0 Å². The predicted molar refractivity (Wildman–Crippen MR) is 74.4 cm³/mol. The summed E-state index contributed by atoms with van der Waals surface area (Å²) in [7, 11) is 0. The Morgan fingerprint density at radius 1 is 1.38 bits per heavy atom. The van der Waals surface area contributed by atoms with E-state index in [2.05, 4.69) is 61.0 Å². The lowest BCUT2D eigenvalue weighted by Crippen LogP contribution is -2.29. The first kappa shape index (κ1) is 12.2. The van der Waals surface area contributed by atoms with Gasteiger partial charge in [0.1, 0.15) is 0 Å². The molecule has 0 amide bonds. The summed E-state index contributed by atoms with van der Waals surface area (Å²) in [4.78, 5) is 0.629. The number of halogens is 1. The lowest BCUT2D eigenvalue weighted by molar-refractivity contribution is 0.386. The zero-order valence-corrected chi connectivity index (χ0v) is 12.0. The second-order valence-corrected chi connectivity index (χ2v) is 6.72. The van der Waals surface area contributed by atoms with E-state index in [1.807, 2.05) is 0 Å². The van der Waals surface area contributed by atoms with Crippen LogP contribution in [0.15, 0.2) is 24.3 Å². The Bertz CT molecular complexity index is 367. The monoisotopic (exact) mass is 280 g/mol. The van der Waals surface area contributed by atoms with Crippen molar-refractivity contribution in [1.29, 1.82) is 0 Å². The van der Waals surface area contributed by atoms with Gasteiger partial charge in [-0.3, -0.25) is 0 Å². The fourth-order valence-electron chi connectivity index (χ4n) is 2.90. The molecule has 0 saturated carbocycles. The summed E-state index contributed by atoms with van der Waals surface area (Å²) >= 11 is 3.85. The number of fused-ring (bicyclic) bond motifs is 1. The topological polar surface area (TPSA) is 0 Å². The van der Waals surface area contributed by atoms with Gasteiger partial charge in [-0.1, -0.05) is 61.0 Å². The highest BCUT2D eigenvalue weighted by molar-refractivity contribution is 9.09. The van der Waals surface area contributed by atoms with Crippen molar-refractivity contribution in [3.05, 3.63) is 35.4 Å². The molecule has 1 aliphatic rings. The molecule has 1 aromatic carbocycles. The average Bonchev–Trinajstić information content (AvgIpc) is 2.28. The third-order valence-corrected chi connectivity index (χ3v) is 5.28. The first-order valence-corrected chi connectivity index (χ1v) is 7.21. The van der Waals surface area contributed by atoms with Crippen LogP contribution in [0.3, 0.4) is 0 Å². The quantitative estimate of drug-likeness (QED) is 0.668. The Labute approximate surface area is 108 Å². The van der Waals surface area contributed by atoms with Crippen LogP contribution >= 0.6 is 15.9 Å². The molecule has 0 spiro atoms. The van der Waals surface area contributed by atoms with Gasteiger partial charge in [-0.15, -0.1) is 0 Å². The zero-order valence-electron chi connectivity index (χ0n) is 10.5. The number of hydrogen-bond acceptors (Lipinski definition) is 0. The molecule has 0 radical (unpaired) electrons. The van der Waals surface area contributed by atoms with Gasteiger partial charge in [-0.25, -0.2) is 0 Å². The van der Waals surface area contributed by atoms with E-state index in [9.17, 15) is 0 Å². The second kappa shape index (κ2) is 4.52. The lowest BCUT2D eigenvalue weighted by Gasteiger charge is -2.38. The van der Waals surface area contributed by atoms with Crippen LogP contribution in [0.5, 0.6) is 0 Å². The van der Waals surface area contributed by atoms with Gasteiger partial charge in [0, 0.05) is 4.83 Å². The van der Waals surface area contributed by atoms with Crippen molar-refractivity contribution in [2.24, 2.45) is 0 Å². The van der Waals surface area contributed by atoms with Crippen molar-refractivity contribution in [2.75, 3.05) is 0 Å². The fourth-order valence-corrected chi connectivity index (χ4v) is 3.45. The molecular formula is C15H21Br. The summed E-state index contributed by atoms with van der Waals surface area (Å²) in [6, 6.07) is 9.00. The van der Waals surface area contributed by atoms with Crippen molar-refractivity contribution in [3.63, 3.8) is 0 Å². The van der Waals surface area contributed by atoms with Crippen LogP contribution in [0, 0.1) is 0 Å². The molecule has 0 N–H and O–H groups in total. The molecule has 0 saturated heterocycles. The first-order chi connectivity index (χ1) is 7.56. The van der Waals surface area contributed by atoms with E-state index >= 15 is 0 Å². The largest absolute Gasteiger partial charge is 0.0884 e. The molecule has 1 aromatic rings. The molecule has 2 atom stereocenters. The van der Waals surface area contributed by atoms with Gasteiger partial charge in [-0.2, -0.15) is 0 Å². The van der Waals surface area contributed by atoms with E-state index < -0.39 is 0 Å². The molecule has 2 unspecified atom stereocenters. The SMILES string of the molecule is CCC(Br)C1CCC(C)(C)c2ccccc21. The van der Waals surface area contributed by atoms with Crippen LogP contribution in [-0.2, 0) is 5.41 Å². The van der Waals surface area contributed by atoms with Crippen molar-refractivity contribution in [2.45, 2.75) is 56.2 Å². The molecule has 1 aliphatic carbocycles. The standard InChI is InChI=1S/C15H21Br/c1-4-14(16)12-9-10-15(2,3)13-8-6-5-7-11(12)13/h5-8,12,14H,4,9-10H2,1-3H3. The number of alkyl halides is 1. The molecular weight excluding hydrogens is 260 g/mol. The van der Waals surface area contributed by atoms with Gasteiger partial charge < -0.3 is 0 Å². The summed E-state index contributed by atoms with van der Waals surface area (Å²) in [5.41, 5.74) is 3.49. The number of hydrogen-bond donors (Lipinski definition) is 0. The number of rotatable bonds is 2. The van der Waals surface area contributed by atoms with Crippen molar-refractivity contribution in [1.82, 2.24) is 0 Å². The Morgan fingerprint density at radius 3 is 2.75 bits per heavy atom. The van der Waals surface area contributed by atoms with E-state index in [0.29, 0.717) is 16.2 Å². The molecule has 0 aliphatic heterocycles. The Balaban J connectivity index is 2.43. The third-order valence-electron chi connectivity index (χ3n) is 4.00. The summed E-state index contributed by atoms with van der Waals surface area (Å²) < 4.78 is 0. The molecule has 0 fully saturated rings. The third kappa shape index (κ3) is 2.07. The Morgan fingerprint density at radius 2 is 2.06 bits per heavy atom. The molecule has 88 valence electrons. The molecule has 0 nitrogen and oxygen atoms in total. The van der Waals surface area contributed by atoms with Crippen LogP contribution in [0.4, 0.5) is 0 Å². The minimum atomic E-state index is 0.355. The highest BCUT2D eigenvalue weighted by Crippen LogP contribution is 2.45. The van der Waals surface area contributed by atoms with E-state index in [1.54, 1.807) is 11.1 Å². The van der Waals surface area contributed by atoms with Gasteiger partial charge in [-0.05, 0) is 41.7 Å². The van der Waals surface area contributed by atoms with Crippen LogP contribution < -0.4 is 0 Å². The lowest BCUT2D eigenvalue weighted by atomic mass is 9.68. The molecule has 0 bridgehead atoms. The van der Waals surface area contributed by atoms with Crippen molar-refractivity contribution in [3.8, 4) is 0 Å². The summed E-state index contributed by atoms with van der Waals surface area (Å²) in [6.45, 7) is 7.01. The Hall–Kier alpha value is -0.300. The van der Waals surface area contributed by atoms with Crippen LogP contribution in [0.2, 0.25) is 0 Å². The highest BCUT2D eigenvalue weighted by atomic mass is 79.9. The fraction of sp³-hybridized carbons (Fsp3) is 0.600. The van der Waals surface area contributed by atoms with Gasteiger partial charge in [0.15, 0.2) is 0 Å².